The maximum atomic E-state index is 13.6. The number of likely N-dealkylation sites (tertiary alicyclic amines) is 1. The van der Waals surface area contributed by atoms with E-state index in [-0.39, 0.29) is 41.1 Å². The van der Waals surface area contributed by atoms with Gasteiger partial charge in [0.15, 0.2) is 0 Å². The predicted molar refractivity (Wildman–Crippen MR) is 359 cm³/mol. The Morgan fingerprint density at radius 2 is 1.21 bits per heavy atom. The van der Waals surface area contributed by atoms with Gasteiger partial charge < -0.3 is 24.0 Å². The molecule has 1 heterocycles. The molecule has 0 spiro atoms. The first-order valence-corrected chi connectivity index (χ1v) is 37.8. The zero-order chi connectivity index (χ0) is 62.1. The third kappa shape index (κ3) is 16.2. The molecule has 1 saturated heterocycles. The van der Waals surface area contributed by atoms with Crippen molar-refractivity contribution < 1.29 is 28.6 Å². The maximum absolute atomic E-state index is 13.6. The normalized spacial score (nSPS) is 35.1. The molecule has 87 heavy (non-hydrogen) atoms. The number of rotatable bonds is 30. The first-order valence-electron chi connectivity index (χ1n) is 37.8. The van der Waals surface area contributed by atoms with Crippen LogP contribution < -0.4 is 0 Å². The number of carbonyl (C=O) groups is 3. The molecule has 494 valence electrons. The van der Waals surface area contributed by atoms with Gasteiger partial charge in [-0.25, -0.2) is 4.79 Å². The van der Waals surface area contributed by atoms with E-state index >= 15 is 0 Å². The SMILES string of the molecule is CCC(CCC(C)C1CCC2C3CC=C4CC(OC(=O)CCCCCCN(CCCCCCC(=O)OC5CCC6(C)C(=CC=C7C6CCC6(C)C7CCC6C(C)CCCC(C)C)C5)C(=O)OCCC5CCN(C)CC5)CCC4(C)C3CCC12C)C(C)C. The molecular formula is C79H132N2O6. The monoisotopic (exact) mass is 1210 g/mol. The Morgan fingerprint density at radius 1 is 0.598 bits per heavy atom. The molecule has 0 aromatic heterocycles. The molecular weight excluding hydrogens is 1070 g/mol. The molecule has 0 N–H and O–H groups in total. The fraction of sp³-hybridized carbons (Fsp3) is 0.886. The van der Waals surface area contributed by atoms with Crippen LogP contribution in [-0.4, -0.2) is 79.9 Å². The van der Waals surface area contributed by atoms with Crippen LogP contribution in [0.15, 0.2) is 34.9 Å². The summed E-state index contributed by atoms with van der Waals surface area (Å²) in [5, 5.41) is 0. The average Bonchev–Trinajstić information content (AvgIpc) is 1.74. The van der Waals surface area contributed by atoms with E-state index < -0.39 is 0 Å². The summed E-state index contributed by atoms with van der Waals surface area (Å²) in [5.41, 5.74) is 6.25. The summed E-state index contributed by atoms with van der Waals surface area (Å²) in [6.07, 6.45) is 45.5. The van der Waals surface area contributed by atoms with E-state index in [1.807, 2.05) is 4.90 Å². The Morgan fingerprint density at radius 3 is 1.86 bits per heavy atom. The van der Waals surface area contributed by atoms with E-state index in [1.54, 1.807) is 11.1 Å². The number of piperidine rings is 1. The van der Waals surface area contributed by atoms with Gasteiger partial charge in [0.1, 0.15) is 12.2 Å². The number of carbonyl (C=O) groups excluding carboxylic acids is 3. The molecule has 0 bridgehead atoms. The lowest BCUT2D eigenvalue weighted by Crippen LogP contribution is -2.51. The van der Waals surface area contributed by atoms with Gasteiger partial charge in [-0.1, -0.05) is 169 Å². The number of ether oxygens (including phenoxy) is 3. The van der Waals surface area contributed by atoms with Crippen LogP contribution in [0.3, 0.4) is 0 Å². The fourth-order valence-electron chi connectivity index (χ4n) is 21.9. The number of allylic oxidation sites excluding steroid dienone is 4. The predicted octanol–water partition coefficient (Wildman–Crippen LogP) is 20.5. The van der Waals surface area contributed by atoms with Crippen LogP contribution in [-0.2, 0) is 23.8 Å². The van der Waals surface area contributed by atoms with Crippen LogP contribution >= 0.6 is 0 Å². The van der Waals surface area contributed by atoms with E-state index in [9.17, 15) is 14.4 Å². The Labute approximate surface area is 533 Å². The number of hydrogen-bond donors (Lipinski definition) is 0. The highest BCUT2D eigenvalue weighted by Gasteiger charge is 2.60. The average molecular weight is 1210 g/mol. The third-order valence-corrected chi connectivity index (χ3v) is 27.6. The van der Waals surface area contributed by atoms with Gasteiger partial charge in [-0.3, -0.25) is 9.59 Å². The van der Waals surface area contributed by atoms with Crippen LogP contribution in [0.1, 0.15) is 294 Å². The van der Waals surface area contributed by atoms with Crippen molar-refractivity contribution in [3.63, 3.8) is 0 Å². The van der Waals surface area contributed by atoms with E-state index in [4.69, 9.17) is 14.2 Å². The van der Waals surface area contributed by atoms with Crippen LogP contribution in [0.4, 0.5) is 4.79 Å². The minimum atomic E-state index is -0.186. The van der Waals surface area contributed by atoms with Crippen molar-refractivity contribution >= 4 is 18.0 Å². The second-order valence-corrected chi connectivity index (χ2v) is 33.5. The van der Waals surface area contributed by atoms with E-state index in [0.717, 1.165) is 174 Å². The molecule has 8 aliphatic carbocycles. The summed E-state index contributed by atoms with van der Waals surface area (Å²) in [4.78, 5) is 44.7. The summed E-state index contributed by atoms with van der Waals surface area (Å²) in [6, 6.07) is 0. The number of hydrogen-bond acceptors (Lipinski definition) is 7. The van der Waals surface area contributed by atoms with Gasteiger partial charge in [-0.2, -0.15) is 0 Å². The smallest absolute Gasteiger partial charge is 0.409 e. The van der Waals surface area contributed by atoms with Crippen molar-refractivity contribution in [3.05, 3.63) is 34.9 Å². The topological polar surface area (TPSA) is 85.4 Å². The summed E-state index contributed by atoms with van der Waals surface area (Å²) in [5.74, 6) is 10.2. The van der Waals surface area contributed by atoms with E-state index in [1.165, 1.54) is 115 Å². The Bertz CT molecular complexity index is 2330. The molecule has 16 atom stereocenters. The lowest BCUT2D eigenvalue weighted by atomic mass is 9.47. The molecule has 0 radical (unpaired) electrons. The molecule has 0 aromatic rings. The highest BCUT2D eigenvalue weighted by Crippen LogP contribution is 2.69. The highest BCUT2D eigenvalue weighted by molar-refractivity contribution is 5.70. The van der Waals surface area contributed by atoms with E-state index in [2.05, 4.69) is 106 Å². The minimum absolute atomic E-state index is 0.0108. The summed E-state index contributed by atoms with van der Waals surface area (Å²) < 4.78 is 18.5. The first kappa shape index (κ1) is 68.7. The molecule has 8 heteroatoms. The van der Waals surface area contributed by atoms with Crippen LogP contribution in [0, 0.1) is 98.6 Å². The number of unbranched alkanes of at least 4 members (excludes halogenated alkanes) is 6. The lowest BCUT2D eigenvalue weighted by molar-refractivity contribution is -0.152. The molecule has 0 aromatic carbocycles. The fourth-order valence-corrected chi connectivity index (χ4v) is 21.9. The zero-order valence-electron chi connectivity index (χ0n) is 58.3. The van der Waals surface area contributed by atoms with Crippen LogP contribution in [0.25, 0.3) is 0 Å². The van der Waals surface area contributed by atoms with Gasteiger partial charge in [0.05, 0.1) is 6.61 Å². The molecule has 1 amide bonds. The summed E-state index contributed by atoms with van der Waals surface area (Å²) in [7, 11) is 2.19. The molecule has 6 saturated carbocycles. The third-order valence-electron chi connectivity index (χ3n) is 27.6. The molecule has 8 nitrogen and oxygen atoms in total. The molecule has 1 aliphatic heterocycles. The van der Waals surface area contributed by atoms with Gasteiger partial charge in [-0.05, 0) is 254 Å². The quantitative estimate of drug-likeness (QED) is 0.0307. The largest absolute Gasteiger partial charge is 0.462 e. The number of amides is 1. The summed E-state index contributed by atoms with van der Waals surface area (Å²) >= 11 is 0. The van der Waals surface area contributed by atoms with E-state index in [0.29, 0.717) is 55.2 Å². The Kier molecular flexibility index (Phi) is 24.4. The van der Waals surface area contributed by atoms with Crippen molar-refractivity contribution in [2.24, 2.45) is 98.6 Å². The van der Waals surface area contributed by atoms with Crippen molar-refractivity contribution in [1.29, 1.82) is 0 Å². The maximum Gasteiger partial charge on any atom is 0.409 e. The molecule has 9 aliphatic rings. The molecule has 9 rings (SSSR count). The van der Waals surface area contributed by atoms with Gasteiger partial charge in [0, 0.05) is 38.8 Å². The highest BCUT2D eigenvalue weighted by atomic mass is 16.6. The molecule has 7 fully saturated rings. The Balaban J connectivity index is 0.668. The van der Waals surface area contributed by atoms with Crippen molar-refractivity contribution in [2.75, 3.05) is 39.8 Å². The van der Waals surface area contributed by atoms with Crippen molar-refractivity contribution in [3.8, 4) is 0 Å². The number of esters is 2. The number of nitrogens with zero attached hydrogens (tertiary/aromatic N) is 2. The molecule has 16 unspecified atom stereocenters. The Hall–Kier alpha value is -2.61. The second kappa shape index (κ2) is 30.9. The van der Waals surface area contributed by atoms with Crippen LogP contribution in [0.2, 0.25) is 0 Å². The van der Waals surface area contributed by atoms with Gasteiger partial charge in [0.25, 0.3) is 0 Å². The zero-order valence-corrected chi connectivity index (χ0v) is 58.3. The van der Waals surface area contributed by atoms with Gasteiger partial charge >= 0.3 is 18.0 Å². The lowest BCUT2D eigenvalue weighted by Gasteiger charge is -2.58. The summed E-state index contributed by atoms with van der Waals surface area (Å²) in [6.45, 7) is 31.7. The first-order chi connectivity index (χ1) is 41.7. The van der Waals surface area contributed by atoms with Gasteiger partial charge in [-0.15, -0.1) is 0 Å². The number of fused-ring (bicyclic) bond motifs is 10. The van der Waals surface area contributed by atoms with Crippen molar-refractivity contribution in [2.45, 2.75) is 307 Å². The minimum Gasteiger partial charge on any atom is -0.462 e. The van der Waals surface area contributed by atoms with Crippen molar-refractivity contribution in [1.82, 2.24) is 9.80 Å². The van der Waals surface area contributed by atoms with Gasteiger partial charge in [0.2, 0.25) is 0 Å². The van der Waals surface area contributed by atoms with Crippen LogP contribution in [0.5, 0.6) is 0 Å². The second-order valence-electron chi connectivity index (χ2n) is 33.5. The standard InChI is InChI=1S/C79H132N2O6/c1-13-60(56(4)5)28-27-58(7)68-34-36-70-66-32-30-62-54-64(38-45-77(62,9)72(66)40-47-79(68,70)11)87-74(83)26-19-15-17-21-49-81(75(84)85-52-43-59-41-50-80(12)51-42-59)48-20-16-14-18-25-73(82)86-63-37-44-76(8)61(53-63)29-31-65-69-35-33-67(57(6)24-22-23-55(2)3)78(69,10)46-39-71(65)76/h29-31,55-60,63-64,66-72H,13-28,32-54H2,1-12H3.